The predicted octanol–water partition coefficient (Wildman–Crippen LogP) is 2.34. The van der Waals surface area contributed by atoms with Crippen LogP contribution in [0.2, 0.25) is 0 Å². The number of esters is 1. The fourth-order valence-corrected chi connectivity index (χ4v) is 4.57. The van der Waals surface area contributed by atoms with Crippen LogP contribution in [0.4, 0.5) is 0 Å². The van der Waals surface area contributed by atoms with Crippen molar-refractivity contribution in [2.24, 2.45) is 0 Å². The number of hydrogen-bond donors (Lipinski definition) is 0. The van der Waals surface area contributed by atoms with Crippen LogP contribution in [0.15, 0.2) is 29.2 Å². The number of aryl methyl sites for hydroxylation is 1. The molecule has 1 saturated carbocycles. The summed E-state index contributed by atoms with van der Waals surface area (Å²) >= 11 is 0. The first-order chi connectivity index (χ1) is 13.3. The molecule has 7 nitrogen and oxygen atoms in total. The average molecular weight is 411 g/mol. The fourth-order valence-electron chi connectivity index (χ4n) is 3.46. The molecule has 0 aliphatic heterocycles. The molecule has 1 aliphatic rings. The Morgan fingerprint density at radius 1 is 1.11 bits per heavy atom. The van der Waals surface area contributed by atoms with Crippen molar-refractivity contribution in [2.45, 2.75) is 56.9 Å². The van der Waals surface area contributed by atoms with E-state index in [-0.39, 0.29) is 23.5 Å². The van der Waals surface area contributed by atoms with Crippen molar-refractivity contribution < 1.29 is 22.7 Å². The number of likely N-dealkylation sites (N-methyl/N-ethyl adjacent to an activating group) is 2. The molecule has 28 heavy (non-hydrogen) atoms. The minimum Gasteiger partial charge on any atom is -0.455 e. The second kappa shape index (κ2) is 10.0. The van der Waals surface area contributed by atoms with Gasteiger partial charge in [-0.05, 0) is 38.8 Å². The first-order valence-corrected chi connectivity index (χ1v) is 11.2. The van der Waals surface area contributed by atoms with Gasteiger partial charge in [0, 0.05) is 19.6 Å². The molecule has 1 aromatic rings. The largest absolute Gasteiger partial charge is 0.455 e. The summed E-state index contributed by atoms with van der Waals surface area (Å²) in [4.78, 5) is 26.4. The van der Waals surface area contributed by atoms with Gasteiger partial charge in [-0.2, -0.15) is 4.31 Å². The second-order valence-electron chi connectivity index (χ2n) is 7.21. The Labute approximate surface area is 167 Å². The number of benzene rings is 1. The highest BCUT2D eigenvalue weighted by molar-refractivity contribution is 7.89. The summed E-state index contributed by atoms with van der Waals surface area (Å²) < 4.78 is 31.0. The van der Waals surface area contributed by atoms with Crippen LogP contribution in [-0.2, 0) is 24.3 Å². The number of hydrogen-bond acceptors (Lipinski definition) is 5. The topological polar surface area (TPSA) is 84.0 Å². The van der Waals surface area contributed by atoms with Gasteiger partial charge in [-0.1, -0.05) is 37.0 Å². The van der Waals surface area contributed by atoms with Crippen molar-refractivity contribution in [3.63, 3.8) is 0 Å². The normalized spacial score (nSPS) is 15.4. The van der Waals surface area contributed by atoms with Gasteiger partial charge in [0.2, 0.25) is 10.0 Å². The minimum absolute atomic E-state index is 0.110. The van der Waals surface area contributed by atoms with Gasteiger partial charge in [0.1, 0.15) is 6.54 Å². The van der Waals surface area contributed by atoms with E-state index in [0.29, 0.717) is 6.54 Å². The maximum Gasteiger partial charge on any atom is 0.321 e. The van der Waals surface area contributed by atoms with E-state index in [0.717, 1.165) is 35.6 Å². The standard InChI is InChI=1S/C20H30N2O5S/c1-4-22(17-8-6-5-7-9-17)19(23)15-27-20(24)14-21(3)28(25,26)18-12-10-16(2)11-13-18/h10-13,17H,4-9,14-15H2,1-3H3. The van der Waals surface area contributed by atoms with Crippen LogP contribution in [0.5, 0.6) is 0 Å². The van der Waals surface area contributed by atoms with Crippen molar-refractivity contribution in [1.82, 2.24) is 9.21 Å². The van der Waals surface area contributed by atoms with Crippen molar-refractivity contribution in [3.05, 3.63) is 29.8 Å². The van der Waals surface area contributed by atoms with E-state index >= 15 is 0 Å². The molecule has 0 aromatic heterocycles. The van der Waals surface area contributed by atoms with Crippen LogP contribution < -0.4 is 0 Å². The van der Waals surface area contributed by atoms with E-state index in [1.165, 1.54) is 25.6 Å². The van der Waals surface area contributed by atoms with Gasteiger partial charge in [0.15, 0.2) is 6.61 Å². The highest BCUT2D eigenvalue weighted by Crippen LogP contribution is 2.22. The molecule has 0 unspecified atom stereocenters. The molecule has 0 N–H and O–H groups in total. The summed E-state index contributed by atoms with van der Waals surface area (Å²) in [6.45, 7) is 3.54. The van der Waals surface area contributed by atoms with E-state index in [1.54, 1.807) is 17.0 Å². The van der Waals surface area contributed by atoms with Crippen molar-refractivity contribution in [1.29, 1.82) is 0 Å². The Morgan fingerprint density at radius 3 is 2.29 bits per heavy atom. The molecule has 156 valence electrons. The summed E-state index contributed by atoms with van der Waals surface area (Å²) in [5, 5.41) is 0. The number of rotatable bonds is 8. The first-order valence-electron chi connectivity index (χ1n) is 9.73. The molecule has 2 rings (SSSR count). The van der Waals surface area contributed by atoms with E-state index in [1.807, 2.05) is 13.8 Å². The molecule has 1 fully saturated rings. The molecule has 0 atom stereocenters. The summed E-state index contributed by atoms with van der Waals surface area (Å²) in [5.41, 5.74) is 0.943. The van der Waals surface area contributed by atoms with Gasteiger partial charge in [0.05, 0.1) is 4.90 Å². The van der Waals surface area contributed by atoms with Gasteiger partial charge in [-0.3, -0.25) is 9.59 Å². The molecule has 8 heteroatoms. The van der Waals surface area contributed by atoms with Crippen molar-refractivity contribution >= 4 is 21.9 Å². The number of carbonyl (C=O) groups is 2. The molecule has 0 heterocycles. The molecule has 0 spiro atoms. The quantitative estimate of drug-likeness (QED) is 0.614. The van der Waals surface area contributed by atoms with E-state index in [4.69, 9.17) is 4.74 Å². The number of carbonyl (C=O) groups excluding carboxylic acids is 2. The summed E-state index contributed by atoms with van der Waals surface area (Å²) in [6.07, 6.45) is 5.36. The lowest BCUT2D eigenvalue weighted by Gasteiger charge is -2.33. The Morgan fingerprint density at radius 2 is 1.71 bits per heavy atom. The van der Waals surface area contributed by atoms with Crippen LogP contribution in [0, 0.1) is 6.92 Å². The van der Waals surface area contributed by atoms with Crippen LogP contribution in [0.3, 0.4) is 0 Å². The van der Waals surface area contributed by atoms with Gasteiger partial charge in [-0.15, -0.1) is 0 Å². The average Bonchev–Trinajstić information content (AvgIpc) is 2.68. The van der Waals surface area contributed by atoms with Gasteiger partial charge >= 0.3 is 5.97 Å². The summed E-state index contributed by atoms with van der Waals surface area (Å²) in [5.74, 6) is -0.974. The van der Waals surface area contributed by atoms with Gasteiger partial charge in [-0.25, -0.2) is 8.42 Å². The van der Waals surface area contributed by atoms with Crippen LogP contribution in [0.25, 0.3) is 0 Å². The van der Waals surface area contributed by atoms with E-state index < -0.39 is 22.5 Å². The lowest BCUT2D eigenvalue weighted by Crippen LogP contribution is -2.43. The zero-order chi connectivity index (χ0) is 20.7. The first kappa shape index (κ1) is 22.4. The number of amides is 1. The molecule has 1 amide bonds. The lowest BCUT2D eigenvalue weighted by atomic mass is 9.94. The van der Waals surface area contributed by atoms with E-state index in [2.05, 4.69) is 0 Å². The molecular weight excluding hydrogens is 380 g/mol. The zero-order valence-corrected chi connectivity index (χ0v) is 17.7. The third kappa shape index (κ3) is 5.78. The summed E-state index contributed by atoms with van der Waals surface area (Å²) in [6, 6.07) is 6.60. The fraction of sp³-hybridized carbons (Fsp3) is 0.600. The smallest absolute Gasteiger partial charge is 0.321 e. The molecular formula is C20H30N2O5S. The van der Waals surface area contributed by atoms with Crippen LogP contribution in [0.1, 0.15) is 44.6 Å². The third-order valence-electron chi connectivity index (χ3n) is 5.11. The Hall–Kier alpha value is -1.93. The van der Waals surface area contributed by atoms with E-state index in [9.17, 15) is 18.0 Å². The maximum absolute atomic E-state index is 12.5. The van der Waals surface area contributed by atoms with Crippen LogP contribution >= 0.6 is 0 Å². The van der Waals surface area contributed by atoms with Crippen LogP contribution in [-0.4, -0.2) is 62.3 Å². The number of sulfonamides is 1. The highest BCUT2D eigenvalue weighted by Gasteiger charge is 2.26. The third-order valence-corrected chi connectivity index (χ3v) is 6.93. The zero-order valence-electron chi connectivity index (χ0n) is 16.9. The monoisotopic (exact) mass is 410 g/mol. The highest BCUT2D eigenvalue weighted by atomic mass is 32.2. The molecule has 0 radical (unpaired) electrons. The lowest BCUT2D eigenvalue weighted by molar-refractivity contribution is -0.153. The Balaban J connectivity index is 1.88. The molecule has 0 saturated heterocycles. The minimum atomic E-state index is -3.79. The number of ether oxygens (including phenoxy) is 1. The molecule has 0 bridgehead atoms. The predicted molar refractivity (Wildman–Crippen MR) is 106 cm³/mol. The molecule has 1 aromatic carbocycles. The second-order valence-corrected chi connectivity index (χ2v) is 9.25. The maximum atomic E-state index is 12.5. The van der Waals surface area contributed by atoms with Gasteiger partial charge < -0.3 is 9.64 Å². The summed E-state index contributed by atoms with van der Waals surface area (Å²) in [7, 11) is -2.47. The Bertz CT molecular complexity index is 770. The Kier molecular flexibility index (Phi) is 8.00. The van der Waals surface area contributed by atoms with Gasteiger partial charge in [0.25, 0.3) is 5.91 Å². The molecule has 1 aliphatic carbocycles. The SMILES string of the molecule is CCN(C(=O)COC(=O)CN(C)S(=O)(=O)c1ccc(C)cc1)C1CCCCC1. The van der Waals surface area contributed by atoms with Crippen molar-refractivity contribution in [2.75, 3.05) is 26.7 Å². The van der Waals surface area contributed by atoms with Crippen molar-refractivity contribution in [3.8, 4) is 0 Å². The number of nitrogens with zero attached hydrogens (tertiary/aromatic N) is 2.